The standard InChI is InChI=1S/C29H34N2O9/c1-31(2)21-20-24(40-28(38)13-8-5-3-4-6-9-13)15-12-14-10-7-11-16(32)17(14)22(33)18(15)25(35)29(20,39)26(36)19(23(21)34)27(30)37/h7,10-11,13,15,18-21,24,32,39H,3-6,8-9,12H2,1-2H3,(H2,30,37)/t15-,18?,19?,20-,21+,24+,29+/m0/s1. The quantitative estimate of drug-likeness (QED) is 0.267. The van der Waals surface area contributed by atoms with E-state index in [-0.39, 0.29) is 17.7 Å². The van der Waals surface area contributed by atoms with Crippen molar-refractivity contribution in [2.24, 2.45) is 35.3 Å². The predicted octanol–water partition coefficient (Wildman–Crippen LogP) is 0.359. The van der Waals surface area contributed by atoms with Crippen LogP contribution in [0.25, 0.3) is 0 Å². The molecule has 3 saturated carbocycles. The van der Waals surface area contributed by atoms with E-state index in [1.165, 1.54) is 25.1 Å². The fraction of sp³-hybridized carbons (Fsp3) is 0.586. The van der Waals surface area contributed by atoms with Crippen LogP contribution in [0, 0.1) is 29.6 Å². The van der Waals surface area contributed by atoms with Crippen LogP contribution in [-0.2, 0) is 35.1 Å². The topological polar surface area (TPSA) is 181 Å². The third-order valence-electron chi connectivity index (χ3n) is 9.29. The number of hydrogen-bond acceptors (Lipinski definition) is 10. The number of phenols is 1. The molecule has 0 radical (unpaired) electrons. The summed E-state index contributed by atoms with van der Waals surface area (Å²) in [5.41, 5.74) is 2.71. The normalized spacial score (nSPS) is 34.5. The Bertz CT molecular complexity index is 1300. The van der Waals surface area contributed by atoms with Gasteiger partial charge < -0.3 is 20.7 Å². The lowest BCUT2D eigenvalue weighted by Gasteiger charge is -2.55. The highest BCUT2D eigenvalue weighted by Gasteiger charge is 2.73. The van der Waals surface area contributed by atoms with Crippen LogP contribution in [0.2, 0.25) is 0 Å². The number of aromatic hydroxyl groups is 1. The van der Waals surface area contributed by atoms with Crippen molar-refractivity contribution in [1.29, 1.82) is 0 Å². The van der Waals surface area contributed by atoms with Crippen LogP contribution in [0.3, 0.4) is 0 Å². The second-order valence-corrected chi connectivity index (χ2v) is 11.8. The Morgan fingerprint density at radius 2 is 1.68 bits per heavy atom. The summed E-state index contributed by atoms with van der Waals surface area (Å²) < 4.78 is 6.09. The zero-order valence-electron chi connectivity index (χ0n) is 22.5. The molecule has 0 heterocycles. The summed E-state index contributed by atoms with van der Waals surface area (Å²) in [6.07, 6.45) is 3.40. The molecule has 0 aromatic heterocycles. The molecule has 4 N–H and O–H groups in total. The van der Waals surface area contributed by atoms with Crippen molar-refractivity contribution >= 4 is 35.0 Å². The molecule has 5 rings (SSSR count). The number of esters is 1. The molecule has 4 aliphatic carbocycles. The number of hydrogen-bond donors (Lipinski definition) is 3. The van der Waals surface area contributed by atoms with Gasteiger partial charge in [-0.15, -0.1) is 0 Å². The Hall–Kier alpha value is -3.44. The van der Waals surface area contributed by atoms with Gasteiger partial charge in [0.15, 0.2) is 34.7 Å². The molecule has 7 atom stereocenters. The number of primary amides is 1. The van der Waals surface area contributed by atoms with E-state index in [0.717, 1.165) is 25.7 Å². The first-order valence-electron chi connectivity index (χ1n) is 13.8. The average molecular weight is 555 g/mol. The summed E-state index contributed by atoms with van der Waals surface area (Å²) >= 11 is 0. The molecule has 4 aliphatic rings. The number of amides is 1. The van der Waals surface area contributed by atoms with Crippen LogP contribution in [0.1, 0.15) is 54.4 Å². The number of fused-ring (bicyclic) bond motifs is 3. The van der Waals surface area contributed by atoms with Crippen LogP contribution >= 0.6 is 0 Å². The lowest BCUT2D eigenvalue weighted by Crippen LogP contribution is -2.78. The number of nitrogens with two attached hydrogens (primary N) is 1. The first-order chi connectivity index (χ1) is 18.9. The van der Waals surface area contributed by atoms with Gasteiger partial charge in [0.1, 0.15) is 11.9 Å². The lowest BCUT2D eigenvalue weighted by molar-refractivity contribution is -0.206. The van der Waals surface area contributed by atoms with Crippen molar-refractivity contribution in [2.75, 3.05) is 14.1 Å². The van der Waals surface area contributed by atoms with Gasteiger partial charge in [0, 0.05) is 5.92 Å². The van der Waals surface area contributed by atoms with E-state index in [1.54, 1.807) is 12.1 Å². The minimum atomic E-state index is -3.00. The Morgan fingerprint density at radius 1 is 1.02 bits per heavy atom. The Balaban J connectivity index is 1.68. The molecule has 2 unspecified atom stereocenters. The SMILES string of the molecule is CN(C)[C@H]1C(=O)C(C(N)=O)C(=O)[C@]2(O)C(=O)C3C(=O)c4c(O)cccc4C[C@@H]3[C@@H](OC(=O)C3CCCCCC3)[C@H]12. The van der Waals surface area contributed by atoms with Gasteiger partial charge in [-0.3, -0.25) is 33.7 Å². The summed E-state index contributed by atoms with van der Waals surface area (Å²) in [4.78, 5) is 82.3. The van der Waals surface area contributed by atoms with Crippen LogP contribution in [0.4, 0.5) is 0 Å². The van der Waals surface area contributed by atoms with Gasteiger partial charge in [-0.25, -0.2) is 0 Å². The third kappa shape index (κ3) is 4.09. The Labute approximate surface area is 231 Å². The summed E-state index contributed by atoms with van der Waals surface area (Å²) in [7, 11) is 2.97. The van der Waals surface area contributed by atoms with Crippen LogP contribution < -0.4 is 5.73 Å². The number of aliphatic hydroxyl groups is 1. The molecule has 3 fully saturated rings. The molecular weight excluding hydrogens is 520 g/mol. The van der Waals surface area contributed by atoms with E-state index in [1.807, 2.05) is 0 Å². The smallest absolute Gasteiger partial charge is 0.309 e. The Kier molecular flexibility index (Phi) is 7.16. The maximum atomic E-state index is 14.1. The number of carbonyl (C=O) groups excluding carboxylic acids is 6. The van der Waals surface area contributed by atoms with Gasteiger partial charge in [-0.1, -0.05) is 37.8 Å². The zero-order chi connectivity index (χ0) is 29.1. The van der Waals surface area contributed by atoms with Crippen molar-refractivity contribution in [2.45, 2.75) is 62.7 Å². The van der Waals surface area contributed by atoms with E-state index in [0.29, 0.717) is 18.4 Å². The molecule has 11 nitrogen and oxygen atoms in total. The highest BCUT2D eigenvalue weighted by molar-refractivity contribution is 6.32. The molecule has 0 aliphatic heterocycles. The minimum Gasteiger partial charge on any atom is -0.507 e. The minimum absolute atomic E-state index is 0.0167. The van der Waals surface area contributed by atoms with Gasteiger partial charge in [0.2, 0.25) is 5.91 Å². The second kappa shape index (κ2) is 10.2. The number of nitrogens with zero attached hydrogens (tertiary/aromatic N) is 1. The van der Waals surface area contributed by atoms with Gasteiger partial charge >= 0.3 is 5.97 Å². The number of ether oxygens (including phenoxy) is 1. The van der Waals surface area contributed by atoms with Crippen molar-refractivity contribution in [3.63, 3.8) is 0 Å². The van der Waals surface area contributed by atoms with Crippen LogP contribution in [0.15, 0.2) is 18.2 Å². The molecule has 40 heavy (non-hydrogen) atoms. The zero-order valence-corrected chi connectivity index (χ0v) is 22.5. The van der Waals surface area contributed by atoms with E-state index in [4.69, 9.17) is 10.5 Å². The van der Waals surface area contributed by atoms with Crippen molar-refractivity contribution in [3.05, 3.63) is 29.3 Å². The molecule has 1 aromatic carbocycles. The van der Waals surface area contributed by atoms with E-state index in [9.17, 15) is 39.0 Å². The van der Waals surface area contributed by atoms with E-state index < -0.39 is 82.3 Å². The highest BCUT2D eigenvalue weighted by atomic mass is 16.5. The van der Waals surface area contributed by atoms with Crippen molar-refractivity contribution in [1.82, 2.24) is 4.90 Å². The van der Waals surface area contributed by atoms with Gasteiger partial charge in [0.05, 0.1) is 29.4 Å². The molecule has 1 aromatic rings. The highest BCUT2D eigenvalue weighted by Crippen LogP contribution is 2.52. The van der Waals surface area contributed by atoms with Crippen LogP contribution in [0.5, 0.6) is 5.75 Å². The number of phenolic OH excluding ortho intramolecular Hbond substituents is 1. The van der Waals surface area contributed by atoms with Crippen molar-refractivity contribution < 1.29 is 43.7 Å². The molecular formula is C29H34N2O9. The molecule has 11 heteroatoms. The van der Waals surface area contributed by atoms with Gasteiger partial charge in [0.25, 0.3) is 0 Å². The number of ketones is 4. The summed E-state index contributed by atoms with van der Waals surface area (Å²) in [5.74, 6) is -13.4. The monoisotopic (exact) mass is 554 g/mol. The van der Waals surface area contributed by atoms with Gasteiger partial charge in [-0.05, 0) is 45.0 Å². The molecule has 1 amide bonds. The molecule has 0 bridgehead atoms. The average Bonchev–Trinajstić information content (AvgIpc) is 3.17. The maximum Gasteiger partial charge on any atom is 0.309 e. The van der Waals surface area contributed by atoms with E-state index >= 15 is 0 Å². The summed E-state index contributed by atoms with van der Waals surface area (Å²) in [6, 6.07) is 3.06. The number of rotatable bonds is 4. The maximum absolute atomic E-state index is 14.1. The Morgan fingerprint density at radius 3 is 2.27 bits per heavy atom. The lowest BCUT2D eigenvalue weighted by atomic mass is 9.51. The summed E-state index contributed by atoms with van der Waals surface area (Å²) in [6.45, 7) is 0. The fourth-order valence-corrected chi connectivity index (χ4v) is 7.43. The molecule has 214 valence electrons. The van der Waals surface area contributed by atoms with Crippen molar-refractivity contribution in [3.8, 4) is 5.75 Å². The molecule has 0 saturated heterocycles. The predicted molar refractivity (Wildman–Crippen MR) is 138 cm³/mol. The number of Topliss-reactive ketones (excluding diaryl/α,β-unsaturated/α-hetero) is 4. The number of carbonyl (C=O) groups is 6. The van der Waals surface area contributed by atoms with E-state index in [2.05, 4.69) is 0 Å². The van der Waals surface area contributed by atoms with Gasteiger partial charge in [-0.2, -0.15) is 0 Å². The van der Waals surface area contributed by atoms with Crippen LogP contribution in [-0.4, -0.2) is 82.0 Å². The summed E-state index contributed by atoms with van der Waals surface area (Å²) in [5, 5.41) is 22.5. The fourth-order valence-electron chi connectivity index (χ4n) is 7.43. The first kappa shape index (κ1) is 28.1. The first-order valence-corrected chi connectivity index (χ1v) is 13.8. The number of likely N-dealkylation sites (N-methyl/N-ethyl adjacent to an activating group) is 1. The second-order valence-electron chi connectivity index (χ2n) is 11.8. The number of benzene rings is 1. The molecule has 0 spiro atoms. The largest absolute Gasteiger partial charge is 0.507 e. The third-order valence-corrected chi connectivity index (χ3v) is 9.29.